The van der Waals surface area contributed by atoms with E-state index in [1.54, 1.807) is 0 Å². The van der Waals surface area contributed by atoms with E-state index in [0.29, 0.717) is 11.1 Å². The quantitative estimate of drug-likeness (QED) is 0.212. The van der Waals surface area contributed by atoms with Crippen molar-refractivity contribution < 1.29 is 0 Å². The fourth-order valence-electron chi connectivity index (χ4n) is 7.46. The van der Waals surface area contributed by atoms with E-state index >= 15 is 0 Å². The van der Waals surface area contributed by atoms with Gasteiger partial charge in [0.1, 0.15) is 0 Å². The van der Waals surface area contributed by atoms with Crippen molar-refractivity contribution in [1.29, 1.82) is 10.5 Å². The van der Waals surface area contributed by atoms with E-state index in [2.05, 4.69) is 106 Å². The Morgan fingerprint density at radius 2 is 0.881 bits per heavy atom. The van der Waals surface area contributed by atoms with Gasteiger partial charge in [-0.2, -0.15) is 10.5 Å². The predicted molar refractivity (Wildman–Crippen MR) is 171 cm³/mol. The Balaban J connectivity index is 1.34. The molecule has 0 N–H and O–H groups in total. The summed E-state index contributed by atoms with van der Waals surface area (Å²) in [4.78, 5) is 0. The minimum Gasteiger partial charge on any atom is -0.308 e. The first-order valence-electron chi connectivity index (χ1n) is 14.0. The maximum Gasteiger partial charge on any atom is 0.0992 e. The molecular weight excluding hydrogens is 512 g/mol. The van der Waals surface area contributed by atoms with Crippen LogP contribution >= 0.6 is 0 Å². The molecule has 0 fully saturated rings. The van der Waals surface area contributed by atoms with Crippen LogP contribution in [0.1, 0.15) is 11.1 Å². The summed E-state index contributed by atoms with van der Waals surface area (Å²) in [6, 6.07) is 43.1. The molecule has 4 aromatic heterocycles. The number of rotatable bonds is 1. The monoisotopic (exact) mass is 530 g/mol. The van der Waals surface area contributed by atoms with Crippen LogP contribution in [0.25, 0.3) is 87.3 Å². The zero-order valence-electron chi connectivity index (χ0n) is 22.2. The van der Waals surface area contributed by atoms with Crippen molar-refractivity contribution in [3.8, 4) is 23.3 Å². The molecule has 0 unspecified atom stereocenters. The number of hydrogen-bond acceptors (Lipinski definition) is 2. The van der Waals surface area contributed by atoms with Crippen LogP contribution in [0.15, 0.2) is 109 Å². The van der Waals surface area contributed by atoms with Gasteiger partial charge in [-0.05, 0) is 59.7 Å². The first kappa shape index (κ1) is 21.7. The first-order valence-corrected chi connectivity index (χ1v) is 14.0. The van der Waals surface area contributed by atoms with E-state index in [9.17, 15) is 10.5 Å². The minimum absolute atomic E-state index is 0.622. The van der Waals surface area contributed by atoms with Crippen LogP contribution in [0, 0.1) is 22.7 Å². The Bertz CT molecular complexity index is 2770. The Hall–Kier alpha value is -6.10. The van der Waals surface area contributed by atoms with E-state index in [0.717, 1.165) is 49.2 Å². The molecule has 0 aliphatic heterocycles. The number of nitrogens with zero attached hydrogens (tertiary/aromatic N) is 4. The van der Waals surface area contributed by atoms with Gasteiger partial charge in [0.05, 0.1) is 56.4 Å². The van der Waals surface area contributed by atoms with Crippen LogP contribution in [-0.4, -0.2) is 8.80 Å². The SMILES string of the molecule is N#Cc1ccc2c3cc(-c4ccc5c6cccc7c8ccccc8n(c5c4)c76)cc4c5ccc(C#N)cc5n(c2c1)c34. The van der Waals surface area contributed by atoms with Crippen LogP contribution in [0.4, 0.5) is 0 Å². The van der Waals surface area contributed by atoms with Crippen LogP contribution in [0.5, 0.6) is 0 Å². The molecule has 0 aliphatic carbocycles. The molecule has 4 heterocycles. The average Bonchev–Trinajstić information content (AvgIpc) is 3.76. The van der Waals surface area contributed by atoms with Gasteiger partial charge in [0.15, 0.2) is 0 Å². The maximum atomic E-state index is 9.66. The number of fused-ring (bicyclic) bond motifs is 12. The summed E-state index contributed by atoms with van der Waals surface area (Å²) in [6.45, 7) is 0. The normalized spacial score (nSPS) is 12.2. The van der Waals surface area contributed by atoms with Crippen molar-refractivity contribution >= 4 is 76.2 Å². The zero-order chi connectivity index (χ0) is 27.7. The van der Waals surface area contributed by atoms with Crippen LogP contribution in [0.3, 0.4) is 0 Å². The highest BCUT2D eigenvalue weighted by Gasteiger charge is 2.21. The van der Waals surface area contributed by atoms with Gasteiger partial charge in [-0.1, -0.05) is 60.7 Å². The highest BCUT2D eigenvalue weighted by molar-refractivity contribution is 6.26. The first-order chi connectivity index (χ1) is 20.7. The molecule has 0 bridgehead atoms. The second-order valence-electron chi connectivity index (χ2n) is 11.2. The van der Waals surface area contributed by atoms with Crippen LogP contribution in [-0.2, 0) is 0 Å². The molecule has 0 atom stereocenters. The van der Waals surface area contributed by atoms with Gasteiger partial charge in [-0.3, -0.25) is 0 Å². The van der Waals surface area contributed by atoms with Crippen molar-refractivity contribution in [3.63, 3.8) is 0 Å². The molecule has 0 spiro atoms. The summed E-state index contributed by atoms with van der Waals surface area (Å²) < 4.78 is 4.65. The molecule has 0 saturated heterocycles. The second-order valence-corrected chi connectivity index (χ2v) is 11.2. The summed E-state index contributed by atoms with van der Waals surface area (Å²) >= 11 is 0. The minimum atomic E-state index is 0.622. The molecule has 4 nitrogen and oxygen atoms in total. The Labute approximate surface area is 238 Å². The Kier molecular flexibility index (Phi) is 3.79. The summed E-state index contributed by atoms with van der Waals surface area (Å²) in [5.74, 6) is 0. The topological polar surface area (TPSA) is 56.4 Å². The van der Waals surface area contributed by atoms with Crippen molar-refractivity contribution in [2.75, 3.05) is 0 Å². The molecule has 6 aromatic carbocycles. The van der Waals surface area contributed by atoms with E-state index in [4.69, 9.17) is 0 Å². The third-order valence-corrected chi connectivity index (χ3v) is 9.21. The standard InChI is InChI=1S/C38H18N4/c39-19-21-8-11-27-31-16-24(17-32-28-12-9-22(20-40)15-35(28)42(38(31)32)34(27)14-21)23-10-13-26-30-6-3-5-29-25-4-1-2-7-33(25)41(37(29)30)36(26)18-23/h1-18H. The molecule has 4 heteroatoms. The molecular formula is C38H18N4. The number of nitriles is 2. The summed E-state index contributed by atoms with van der Waals surface area (Å²) in [5, 5.41) is 28.9. The zero-order valence-corrected chi connectivity index (χ0v) is 22.2. The van der Waals surface area contributed by atoms with E-state index in [1.165, 1.54) is 38.1 Å². The molecule has 0 saturated carbocycles. The molecule has 0 amide bonds. The molecule has 42 heavy (non-hydrogen) atoms. The van der Waals surface area contributed by atoms with Crippen molar-refractivity contribution in [2.24, 2.45) is 0 Å². The van der Waals surface area contributed by atoms with Gasteiger partial charge < -0.3 is 8.80 Å². The van der Waals surface area contributed by atoms with Crippen molar-refractivity contribution in [3.05, 3.63) is 120 Å². The van der Waals surface area contributed by atoms with E-state index in [-0.39, 0.29) is 0 Å². The lowest BCUT2D eigenvalue weighted by Gasteiger charge is -2.06. The fraction of sp³-hybridized carbons (Fsp3) is 0. The van der Waals surface area contributed by atoms with Crippen molar-refractivity contribution in [1.82, 2.24) is 8.80 Å². The lowest BCUT2D eigenvalue weighted by Crippen LogP contribution is -1.83. The van der Waals surface area contributed by atoms with Crippen LogP contribution < -0.4 is 0 Å². The highest BCUT2D eigenvalue weighted by Crippen LogP contribution is 2.44. The summed E-state index contributed by atoms with van der Waals surface area (Å²) in [7, 11) is 0. The van der Waals surface area contributed by atoms with Gasteiger partial charge in [-0.15, -0.1) is 0 Å². The highest BCUT2D eigenvalue weighted by atomic mass is 14.9. The Morgan fingerprint density at radius 3 is 1.55 bits per heavy atom. The third-order valence-electron chi connectivity index (χ3n) is 9.21. The smallest absolute Gasteiger partial charge is 0.0992 e. The molecule has 190 valence electrons. The molecule has 10 rings (SSSR count). The number of benzene rings is 6. The van der Waals surface area contributed by atoms with Gasteiger partial charge in [-0.25, -0.2) is 0 Å². The van der Waals surface area contributed by atoms with Gasteiger partial charge in [0, 0.05) is 43.1 Å². The number of hydrogen-bond donors (Lipinski definition) is 0. The van der Waals surface area contributed by atoms with Gasteiger partial charge in [0.2, 0.25) is 0 Å². The largest absolute Gasteiger partial charge is 0.308 e. The maximum absolute atomic E-state index is 9.66. The van der Waals surface area contributed by atoms with Gasteiger partial charge in [0.25, 0.3) is 0 Å². The summed E-state index contributed by atoms with van der Waals surface area (Å²) in [6.07, 6.45) is 0. The van der Waals surface area contributed by atoms with E-state index < -0.39 is 0 Å². The number of para-hydroxylation sites is 2. The molecule has 10 aromatic rings. The molecule has 0 aliphatic rings. The predicted octanol–water partition coefficient (Wildman–Crippen LogP) is 9.40. The number of aromatic nitrogens is 2. The van der Waals surface area contributed by atoms with E-state index in [1.807, 2.05) is 24.3 Å². The fourth-order valence-corrected chi connectivity index (χ4v) is 7.46. The van der Waals surface area contributed by atoms with Crippen LogP contribution in [0.2, 0.25) is 0 Å². The average molecular weight is 531 g/mol. The van der Waals surface area contributed by atoms with Gasteiger partial charge >= 0.3 is 0 Å². The Morgan fingerprint density at radius 1 is 0.381 bits per heavy atom. The lowest BCUT2D eigenvalue weighted by molar-refractivity contribution is 1.36. The summed E-state index contributed by atoms with van der Waals surface area (Å²) in [5.41, 5.74) is 10.4. The molecule has 0 radical (unpaired) electrons. The van der Waals surface area contributed by atoms with Crippen molar-refractivity contribution in [2.45, 2.75) is 0 Å². The third kappa shape index (κ3) is 2.47. The lowest BCUT2D eigenvalue weighted by atomic mass is 9.98. The second kappa shape index (κ2) is 7.34.